The minimum atomic E-state index is -1.48. The normalized spacial score (nSPS) is 25.8. The van der Waals surface area contributed by atoms with Gasteiger partial charge in [0, 0.05) is 44.1 Å². The quantitative estimate of drug-likeness (QED) is 0.0559. The van der Waals surface area contributed by atoms with Gasteiger partial charge in [-0.3, -0.25) is 4.90 Å². The monoisotopic (exact) mass is 888 g/mol. The number of carbonyl (C=O) groups excluding carboxylic acids is 1. The number of fused-ring (bicyclic) bond motifs is 4. The average molecular weight is 889 g/mol. The summed E-state index contributed by atoms with van der Waals surface area (Å²) >= 11 is 0. The molecule has 4 aromatic carbocycles. The Morgan fingerprint density at radius 3 is 2.49 bits per heavy atom. The Balaban J connectivity index is 1.22. The zero-order chi connectivity index (χ0) is 44.8. The number of oxime groups is 1. The second-order valence-electron chi connectivity index (χ2n) is 17.6. The van der Waals surface area contributed by atoms with Gasteiger partial charge in [0.25, 0.3) is 0 Å². The van der Waals surface area contributed by atoms with E-state index in [9.17, 15) is 15.0 Å². The topological polar surface area (TPSA) is 147 Å². The molecule has 3 heterocycles. The molecule has 1 unspecified atom stereocenters. The Labute approximate surface area is 380 Å². The summed E-state index contributed by atoms with van der Waals surface area (Å²) in [4.78, 5) is 22.4. The molecule has 13 heteroatoms. The van der Waals surface area contributed by atoms with E-state index in [2.05, 4.69) is 36.9 Å². The first-order valence-corrected chi connectivity index (χ1v) is 23.2. The Hall–Kier alpha value is -5.60. The van der Waals surface area contributed by atoms with Gasteiger partial charge in [-0.25, -0.2) is 4.79 Å². The highest BCUT2D eigenvalue weighted by molar-refractivity contribution is 6.03. The second kappa shape index (κ2) is 20.3. The number of aliphatic hydroxyl groups is 2. The fourth-order valence-corrected chi connectivity index (χ4v) is 10.7. The summed E-state index contributed by atoms with van der Waals surface area (Å²) in [5, 5.41) is 27.2. The number of hydrogen-bond donors (Lipinski definition) is 2. The van der Waals surface area contributed by atoms with Crippen LogP contribution in [0.4, 0.5) is 4.79 Å². The minimum absolute atomic E-state index is 0.0299. The molecular weight excluding hydrogens is 829 g/mol. The molecule has 2 N–H and O–H groups in total. The van der Waals surface area contributed by atoms with Gasteiger partial charge in [0.1, 0.15) is 23.3 Å². The van der Waals surface area contributed by atoms with Gasteiger partial charge in [-0.1, -0.05) is 66.5 Å². The van der Waals surface area contributed by atoms with Crippen molar-refractivity contribution in [2.75, 3.05) is 40.3 Å². The van der Waals surface area contributed by atoms with Crippen LogP contribution in [0.2, 0.25) is 0 Å². The number of unbranched alkanes of at least 4 members (excludes halogenated alkanes) is 2. The summed E-state index contributed by atoms with van der Waals surface area (Å²) in [6, 6.07) is 25.1. The molecule has 5 aliphatic rings. The fourth-order valence-electron chi connectivity index (χ4n) is 10.7. The van der Waals surface area contributed by atoms with Gasteiger partial charge in [-0.05, 0) is 115 Å². The number of nitrogens with zero attached hydrogens (tertiary/aromatic N) is 2. The van der Waals surface area contributed by atoms with Crippen LogP contribution in [0.25, 0.3) is 10.8 Å². The summed E-state index contributed by atoms with van der Waals surface area (Å²) < 4.78 is 44.2. The number of amides is 1. The lowest BCUT2D eigenvalue weighted by Crippen LogP contribution is -2.70. The van der Waals surface area contributed by atoms with Crippen LogP contribution in [-0.2, 0) is 25.6 Å². The Kier molecular flexibility index (Phi) is 13.9. The molecule has 344 valence electrons. The molecular formula is C52H60N2O11. The van der Waals surface area contributed by atoms with E-state index in [4.69, 9.17) is 43.2 Å². The van der Waals surface area contributed by atoms with Crippen LogP contribution in [0.3, 0.4) is 0 Å². The van der Waals surface area contributed by atoms with E-state index in [1.165, 1.54) is 7.11 Å². The number of hydrogen-bond acceptors (Lipinski definition) is 12. The van der Waals surface area contributed by atoms with Crippen LogP contribution in [0.1, 0.15) is 81.3 Å². The third-order valence-electron chi connectivity index (χ3n) is 13.6. The highest BCUT2D eigenvalue weighted by Gasteiger charge is 2.65. The lowest BCUT2D eigenvalue weighted by molar-refractivity contribution is -0.256. The number of carbonyl (C=O) groups is 1. The van der Waals surface area contributed by atoms with Crippen molar-refractivity contribution in [3.63, 3.8) is 0 Å². The van der Waals surface area contributed by atoms with Crippen LogP contribution in [-0.4, -0.2) is 85.4 Å². The van der Waals surface area contributed by atoms with Crippen LogP contribution in [0.5, 0.6) is 28.7 Å². The Bertz CT molecular complexity index is 2380. The van der Waals surface area contributed by atoms with Crippen molar-refractivity contribution in [3.05, 3.63) is 114 Å². The molecule has 1 amide bonds. The average Bonchev–Trinajstić information content (AvgIpc) is 3.81. The lowest BCUT2D eigenvalue weighted by Gasteiger charge is -2.59. The standard InChI is InChI=1S/C52H60N2O11/c1-3-25-62-52-47(54(51(57)58-2)32-34-17-21-45-46(27-34)61-33-60-45)31-43(53-65-48-16-8-11-26-59-48)41-29-37(14-6-9-23-55)40(15-7-10-24-56)49(50(41)52)42-30-39(20-22-44(42)64-52)63-38-19-18-35-12-4-5-13-36(35)28-38/h3-5,12-13,17-22,27-30,37,40,47-50,55-56H,1,6-11,14-16,23-26,31-33H2,2H3/t37-,40+,47-,48?,49+,50+,52+/m0/s1. The third-order valence-corrected chi connectivity index (χ3v) is 13.6. The highest BCUT2D eigenvalue weighted by Crippen LogP contribution is 2.62. The van der Waals surface area contributed by atoms with Gasteiger partial charge in [0.2, 0.25) is 18.9 Å². The van der Waals surface area contributed by atoms with Crippen molar-refractivity contribution >= 4 is 22.6 Å². The molecule has 1 saturated carbocycles. The van der Waals surface area contributed by atoms with Crippen LogP contribution < -0.4 is 18.9 Å². The maximum atomic E-state index is 14.4. The number of benzene rings is 4. The first kappa shape index (κ1) is 44.6. The van der Waals surface area contributed by atoms with Gasteiger partial charge in [-0.15, -0.1) is 6.58 Å². The Morgan fingerprint density at radius 2 is 1.69 bits per heavy atom. The molecule has 1 saturated heterocycles. The highest BCUT2D eigenvalue weighted by atomic mass is 16.8. The van der Waals surface area contributed by atoms with Crippen molar-refractivity contribution in [3.8, 4) is 28.7 Å². The molecule has 13 nitrogen and oxygen atoms in total. The largest absolute Gasteiger partial charge is 0.459 e. The molecule has 2 fully saturated rings. The zero-order valence-corrected chi connectivity index (χ0v) is 37.1. The Morgan fingerprint density at radius 1 is 0.908 bits per heavy atom. The molecule has 3 aliphatic heterocycles. The smallest absolute Gasteiger partial charge is 0.410 e. The lowest BCUT2D eigenvalue weighted by atomic mass is 9.55. The molecule has 9 rings (SSSR count). The molecule has 2 aliphatic carbocycles. The molecule has 7 atom stereocenters. The van der Waals surface area contributed by atoms with Crippen LogP contribution >= 0.6 is 0 Å². The summed E-state index contributed by atoms with van der Waals surface area (Å²) in [6.07, 6.45) is 10.3. The molecule has 4 aromatic rings. The van der Waals surface area contributed by atoms with Crippen molar-refractivity contribution in [1.29, 1.82) is 0 Å². The number of ether oxygens (including phenoxy) is 7. The number of rotatable bonds is 18. The molecule has 0 aromatic heterocycles. The van der Waals surface area contributed by atoms with E-state index in [0.29, 0.717) is 60.3 Å². The van der Waals surface area contributed by atoms with E-state index in [-0.39, 0.29) is 57.3 Å². The summed E-state index contributed by atoms with van der Waals surface area (Å²) in [7, 11) is 1.38. The van der Waals surface area contributed by atoms with Crippen molar-refractivity contribution < 1.29 is 53.0 Å². The first-order valence-electron chi connectivity index (χ1n) is 23.2. The van der Waals surface area contributed by atoms with Gasteiger partial charge >= 0.3 is 6.09 Å². The van der Waals surface area contributed by atoms with Crippen molar-refractivity contribution in [2.45, 2.75) is 94.8 Å². The molecule has 0 bridgehead atoms. The first-order chi connectivity index (χ1) is 31.9. The minimum Gasteiger partial charge on any atom is -0.459 e. The third kappa shape index (κ3) is 9.29. The maximum absolute atomic E-state index is 14.4. The van der Waals surface area contributed by atoms with E-state index in [1.807, 2.05) is 54.6 Å². The van der Waals surface area contributed by atoms with Gasteiger partial charge in [0.15, 0.2) is 11.5 Å². The summed E-state index contributed by atoms with van der Waals surface area (Å²) in [6.45, 7) is 5.20. The van der Waals surface area contributed by atoms with Crippen molar-refractivity contribution in [2.24, 2.45) is 22.9 Å². The number of allylic oxidation sites excluding steroid dienone is 1. The van der Waals surface area contributed by atoms with Gasteiger partial charge in [-0.2, -0.15) is 0 Å². The SMILES string of the molecule is C=CCO[C@@]12Oc3ccc(Oc4ccc5ccccc5c4)cc3[C@H]3[C@H](CCCCO)[C@@H](CCCCO)C=C(C(=NOC4CCCCO4)C[C@@H]1N(Cc1ccc4c(c1)OCO4)C(=O)OC)[C@H]32. The number of methoxy groups -OCH3 is 1. The van der Waals surface area contributed by atoms with E-state index in [0.717, 1.165) is 66.0 Å². The van der Waals surface area contributed by atoms with E-state index >= 15 is 0 Å². The zero-order valence-electron chi connectivity index (χ0n) is 37.1. The van der Waals surface area contributed by atoms with Crippen LogP contribution in [0.15, 0.2) is 108 Å². The predicted octanol–water partition coefficient (Wildman–Crippen LogP) is 9.79. The van der Waals surface area contributed by atoms with E-state index < -0.39 is 30.1 Å². The molecule has 65 heavy (non-hydrogen) atoms. The van der Waals surface area contributed by atoms with Gasteiger partial charge < -0.3 is 48.2 Å². The maximum Gasteiger partial charge on any atom is 0.410 e. The van der Waals surface area contributed by atoms with Crippen LogP contribution in [0, 0.1) is 17.8 Å². The number of aliphatic hydroxyl groups excluding tert-OH is 2. The van der Waals surface area contributed by atoms with Crippen molar-refractivity contribution in [1.82, 2.24) is 4.90 Å². The predicted molar refractivity (Wildman–Crippen MR) is 244 cm³/mol. The fraction of sp³-hybridized carbons (Fsp3) is 0.462. The summed E-state index contributed by atoms with van der Waals surface area (Å²) in [5.41, 5.74) is 3.35. The second-order valence-corrected chi connectivity index (χ2v) is 17.6. The van der Waals surface area contributed by atoms with Gasteiger partial charge in [0.05, 0.1) is 32.0 Å². The molecule has 0 radical (unpaired) electrons. The van der Waals surface area contributed by atoms with E-state index in [1.54, 1.807) is 11.0 Å². The molecule has 0 spiro atoms. The summed E-state index contributed by atoms with van der Waals surface area (Å²) in [5.74, 6) is 1.06.